The number of hydrogen-bond acceptors (Lipinski definition) is 3. The zero-order chi connectivity index (χ0) is 9.76. The van der Waals surface area contributed by atoms with Crippen molar-refractivity contribution < 1.29 is 0 Å². The second kappa shape index (κ2) is 2.49. The molecular weight excluding hydrogens is 176 g/mol. The number of nitrogens with one attached hydrogen (secondary N) is 1. The molecule has 0 bridgehead atoms. The van der Waals surface area contributed by atoms with Crippen molar-refractivity contribution in [1.82, 2.24) is 14.8 Å². The van der Waals surface area contributed by atoms with E-state index in [2.05, 4.69) is 34.1 Å². The molecule has 1 heterocycles. The topological polar surface area (TPSA) is 42.7 Å². The molecule has 76 valence electrons. The molecule has 0 amide bonds. The minimum atomic E-state index is 0.293. The van der Waals surface area contributed by atoms with Crippen LogP contribution in [0.4, 0.5) is 5.95 Å². The van der Waals surface area contributed by atoms with Gasteiger partial charge in [-0.2, -0.15) is 0 Å². The third-order valence-corrected chi connectivity index (χ3v) is 3.26. The van der Waals surface area contributed by atoms with E-state index in [1.807, 2.05) is 0 Å². The van der Waals surface area contributed by atoms with Crippen LogP contribution in [-0.4, -0.2) is 20.3 Å². The van der Waals surface area contributed by atoms with Crippen LogP contribution in [0.25, 0.3) is 0 Å². The predicted molar refractivity (Wildman–Crippen MR) is 54.2 cm³/mol. The van der Waals surface area contributed by atoms with Crippen LogP contribution in [0.5, 0.6) is 0 Å². The van der Waals surface area contributed by atoms with E-state index < -0.39 is 0 Å². The summed E-state index contributed by atoms with van der Waals surface area (Å²) in [6.07, 6.45) is 5.06. The minimum absolute atomic E-state index is 0.293. The predicted octanol–water partition coefficient (Wildman–Crippen LogP) is 1.66. The monoisotopic (exact) mass is 192 g/mol. The van der Waals surface area contributed by atoms with E-state index >= 15 is 0 Å². The van der Waals surface area contributed by atoms with Crippen molar-refractivity contribution in [3.63, 3.8) is 0 Å². The van der Waals surface area contributed by atoms with Gasteiger partial charge in [0.2, 0.25) is 5.95 Å². The zero-order valence-electron chi connectivity index (χ0n) is 8.75. The Hall–Kier alpha value is -1.06. The van der Waals surface area contributed by atoms with Crippen molar-refractivity contribution in [2.75, 3.05) is 5.32 Å². The Morgan fingerprint density at radius 3 is 2.64 bits per heavy atom. The van der Waals surface area contributed by atoms with E-state index in [0.717, 1.165) is 11.8 Å². The van der Waals surface area contributed by atoms with Crippen molar-refractivity contribution >= 4 is 5.95 Å². The van der Waals surface area contributed by atoms with Gasteiger partial charge in [0, 0.05) is 18.5 Å². The van der Waals surface area contributed by atoms with Crippen LogP contribution >= 0.6 is 0 Å². The number of hydrogen-bond donors (Lipinski definition) is 1. The van der Waals surface area contributed by atoms with Crippen molar-refractivity contribution in [1.29, 1.82) is 0 Å². The second-order valence-corrected chi connectivity index (χ2v) is 4.90. The fraction of sp³-hybridized carbons (Fsp3) is 0.800. The van der Waals surface area contributed by atoms with E-state index in [0.29, 0.717) is 11.5 Å². The highest BCUT2D eigenvalue weighted by Gasteiger charge is 2.39. The molecule has 2 fully saturated rings. The summed E-state index contributed by atoms with van der Waals surface area (Å²) in [5.41, 5.74) is 0.293. The standard InChI is InChI=1S/C10H16N4/c1-10(5-6-10)11-9-13-12-8(14(9)2)7-3-4-7/h7H,3-6H2,1-2H3,(H,11,13). The maximum Gasteiger partial charge on any atom is 0.224 e. The molecule has 2 saturated carbocycles. The van der Waals surface area contributed by atoms with Gasteiger partial charge in [-0.05, 0) is 32.6 Å². The van der Waals surface area contributed by atoms with Crippen LogP contribution in [0.15, 0.2) is 0 Å². The van der Waals surface area contributed by atoms with Crippen LogP contribution in [0, 0.1) is 0 Å². The molecule has 0 unspecified atom stereocenters. The van der Waals surface area contributed by atoms with Gasteiger partial charge in [0.25, 0.3) is 0 Å². The molecule has 0 aromatic carbocycles. The van der Waals surface area contributed by atoms with Crippen LogP contribution < -0.4 is 5.32 Å². The summed E-state index contributed by atoms with van der Waals surface area (Å²) in [6, 6.07) is 0. The van der Waals surface area contributed by atoms with Crippen LogP contribution in [-0.2, 0) is 7.05 Å². The van der Waals surface area contributed by atoms with Gasteiger partial charge < -0.3 is 9.88 Å². The van der Waals surface area contributed by atoms with Gasteiger partial charge in [-0.3, -0.25) is 0 Å². The molecule has 14 heavy (non-hydrogen) atoms. The third-order valence-electron chi connectivity index (χ3n) is 3.26. The molecule has 0 atom stereocenters. The van der Waals surface area contributed by atoms with Crippen LogP contribution in [0.1, 0.15) is 44.3 Å². The second-order valence-electron chi connectivity index (χ2n) is 4.90. The number of anilines is 1. The third kappa shape index (κ3) is 1.29. The maximum absolute atomic E-state index is 4.24. The summed E-state index contributed by atoms with van der Waals surface area (Å²) < 4.78 is 2.11. The largest absolute Gasteiger partial charge is 0.349 e. The van der Waals surface area contributed by atoms with Gasteiger partial charge in [0.05, 0.1) is 0 Å². The lowest BCUT2D eigenvalue weighted by Crippen LogP contribution is -2.19. The van der Waals surface area contributed by atoms with Crippen molar-refractivity contribution in [2.24, 2.45) is 7.05 Å². The average Bonchev–Trinajstić information content (AvgIpc) is 3.03. The van der Waals surface area contributed by atoms with Crippen molar-refractivity contribution in [2.45, 2.75) is 44.1 Å². The molecule has 4 nitrogen and oxygen atoms in total. The Morgan fingerprint density at radius 1 is 1.36 bits per heavy atom. The Balaban J connectivity index is 1.83. The lowest BCUT2D eigenvalue weighted by molar-refractivity contribution is 0.762. The first-order valence-electron chi connectivity index (χ1n) is 5.35. The van der Waals surface area contributed by atoms with E-state index in [1.54, 1.807) is 0 Å². The summed E-state index contributed by atoms with van der Waals surface area (Å²) >= 11 is 0. The lowest BCUT2D eigenvalue weighted by atomic mass is 10.3. The first-order valence-corrected chi connectivity index (χ1v) is 5.35. The zero-order valence-corrected chi connectivity index (χ0v) is 8.75. The summed E-state index contributed by atoms with van der Waals surface area (Å²) in [5.74, 6) is 2.76. The highest BCUT2D eigenvalue weighted by atomic mass is 15.4. The maximum atomic E-state index is 4.24. The quantitative estimate of drug-likeness (QED) is 0.792. The number of aromatic nitrogens is 3. The van der Waals surface area contributed by atoms with E-state index in [9.17, 15) is 0 Å². The summed E-state index contributed by atoms with van der Waals surface area (Å²) in [7, 11) is 2.06. The summed E-state index contributed by atoms with van der Waals surface area (Å²) in [6.45, 7) is 2.23. The fourth-order valence-corrected chi connectivity index (χ4v) is 1.73. The molecule has 1 N–H and O–H groups in total. The summed E-state index contributed by atoms with van der Waals surface area (Å²) in [4.78, 5) is 0. The molecule has 0 aliphatic heterocycles. The number of rotatable bonds is 3. The highest BCUT2D eigenvalue weighted by Crippen LogP contribution is 2.41. The Kier molecular flexibility index (Phi) is 1.47. The normalized spacial score (nSPS) is 23.6. The molecule has 2 aliphatic carbocycles. The van der Waals surface area contributed by atoms with E-state index in [4.69, 9.17) is 0 Å². The first kappa shape index (κ1) is 8.26. The SMILES string of the molecule is Cn1c(NC2(C)CC2)nnc1C1CC1. The molecule has 3 rings (SSSR count). The lowest BCUT2D eigenvalue weighted by Gasteiger charge is -2.11. The molecule has 0 spiro atoms. The molecular formula is C10H16N4. The minimum Gasteiger partial charge on any atom is -0.349 e. The number of nitrogens with zero attached hydrogens (tertiary/aromatic N) is 3. The first-order chi connectivity index (χ1) is 6.68. The van der Waals surface area contributed by atoms with Gasteiger partial charge in [-0.25, -0.2) is 0 Å². The Labute approximate surface area is 83.7 Å². The van der Waals surface area contributed by atoms with Crippen LogP contribution in [0.2, 0.25) is 0 Å². The van der Waals surface area contributed by atoms with Gasteiger partial charge in [0.15, 0.2) is 0 Å². The van der Waals surface area contributed by atoms with Gasteiger partial charge in [0.1, 0.15) is 5.82 Å². The van der Waals surface area contributed by atoms with Gasteiger partial charge in [-0.1, -0.05) is 0 Å². The molecule has 1 aromatic heterocycles. The van der Waals surface area contributed by atoms with Crippen molar-refractivity contribution in [3.05, 3.63) is 5.82 Å². The van der Waals surface area contributed by atoms with Crippen LogP contribution in [0.3, 0.4) is 0 Å². The summed E-state index contributed by atoms with van der Waals surface area (Å²) in [5, 5.41) is 11.9. The van der Waals surface area contributed by atoms with E-state index in [1.165, 1.54) is 25.7 Å². The fourth-order valence-electron chi connectivity index (χ4n) is 1.73. The molecule has 0 radical (unpaired) electrons. The van der Waals surface area contributed by atoms with Gasteiger partial charge in [-0.15, -0.1) is 10.2 Å². The smallest absolute Gasteiger partial charge is 0.224 e. The average molecular weight is 192 g/mol. The molecule has 1 aromatic rings. The van der Waals surface area contributed by atoms with Crippen molar-refractivity contribution in [3.8, 4) is 0 Å². The van der Waals surface area contributed by atoms with E-state index in [-0.39, 0.29) is 0 Å². The Morgan fingerprint density at radius 2 is 2.07 bits per heavy atom. The Bertz CT molecular complexity index is 360. The molecule has 2 aliphatic rings. The van der Waals surface area contributed by atoms with Gasteiger partial charge >= 0.3 is 0 Å². The molecule has 4 heteroatoms. The highest BCUT2D eigenvalue weighted by molar-refractivity contribution is 5.34. The molecule has 0 saturated heterocycles.